The van der Waals surface area contributed by atoms with Gasteiger partial charge >= 0.3 is 0 Å². The second-order valence-corrected chi connectivity index (χ2v) is 4.62. The Labute approximate surface area is 123 Å². The van der Waals surface area contributed by atoms with Crippen LogP contribution in [0.15, 0.2) is 42.5 Å². The zero-order valence-corrected chi connectivity index (χ0v) is 11.2. The first-order valence-corrected chi connectivity index (χ1v) is 6.32. The lowest BCUT2D eigenvalue weighted by atomic mass is 10.0. The molecule has 0 aliphatic heterocycles. The van der Waals surface area contributed by atoms with E-state index in [1.165, 1.54) is 12.1 Å². The second kappa shape index (κ2) is 5.36. The number of aromatic amines is 1. The van der Waals surface area contributed by atoms with E-state index >= 15 is 0 Å². The third kappa shape index (κ3) is 2.56. The second-order valence-electron chi connectivity index (χ2n) is 4.62. The van der Waals surface area contributed by atoms with E-state index in [4.69, 9.17) is 5.73 Å². The molecule has 3 N–H and O–H groups in total. The fourth-order valence-corrected chi connectivity index (χ4v) is 2.15. The van der Waals surface area contributed by atoms with Crippen LogP contribution in [0.1, 0.15) is 10.5 Å². The number of carbonyl (C=O) groups excluding carboxylic acids is 1. The van der Waals surface area contributed by atoms with E-state index < -0.39 is 17.5 Å². The average Bonchev–Trinajstić information content (AvgIpc) is 2.96. The number of aromatic nitrogens is 3. The Balaban J connectivity index is 1.99. The Morgan fingerprint density at radius 3 is 2.09 bits per heavy atom. The number of hydrogen-bond donors (Lipinski definition) is 2. The topological polar surface area (TPSA) is 84.7 Å². The first-order valence-electron chi connectivity index (χ1n) is 6.32. The number of hydrogen-bond acceptors (Lipinski definition) is 3. The summed E-state index contributed by atoms with van der Waals surface area (Å²) in [6.07, 6.45) is 0. The zero-order valence-electron chi connectivity index (χ0n) is 11.2. The van der Waals surface area contributed by atoms with Gasteiger partial charge in [-0.05, 0) is 23.3 Å². The average molecular weight is 300 g/mol. The number of rotatable bonds is 3. The largest absolute Gasteiger partial charge is 0.364 e. The van der Waals surface area contributed by atoms with Crippen LogP contribution in [0.3, 0.4) is 0 Å². The third-order valence-electron chi connectivity index (χ3n) is 3.14. The van der Waals surface area contributed by atoms with Crippen molar-refractivity contribution in [2.45, 2.75) is 0 Å². The lowest BCUT2D eigenvalue weighted by Gasteiger charge is -2.04. The monoisotopic (exact) mass is 300 g/mol. The minimum atomic E-state index is -0.694. The van der Waals surface area contributed by atoms with Crippen molar-refractivity contribution in [1.82, 2.24) is 15.4 Å². The summed E-state index contributed by atoms with van der Waals surface area (Å²) >= 11 is 0. The van der Waals surface area contributed by atoms with E-state index in [9.17, 15) is 13.6 Å². The first-order chi connectivity index (χ1) is 10.5. The van der Waals surface area contributed by atoms with Crippen molar-refractivity contribution in [3.8, 4) is 22.4 Å². The number of amides is 1. The van der Waals surface area contributed by atoms with Gasteiger partial charge in [-0.15, -0.1) is 0 Å². The van der Waals surface area contributed by atoms with Gasteiger partial charge in [-0.1, -0.05) is 24.3 Å². The molecule has 22 heavy (non-hydrogen) atoms. The van der Waals surface area contributed by atoms with Crippen LogP contribution in [0.4, 0.5) is 8.78 Å². The van der Waals surface area contributed by atoms with Crippen molar-refractivity contribution in [2.75, 3.05) is 0 Å². The molecule has 5 nitrogen and oxygen atoms in total. The van der Waals surface area contributed by atoms with Crippen molar-refractivity contribution >= 4 is 5.91 Å². The maximum Gasteiger partial charge on any atom is 0.271 e. The van der Waals surface area contributed by atoms with Crippen molar-refractivity contribution in [1.29, 1.82) is 0 Å². The molecule has 1 amide bonds. The summed E-state index contributed by atoms with van der Waals surface area (Å²) in [6, 6.07) is 9.97. The first kappa shape index (κ1) is 13.9. The SMILES string of the molecule is NC(=O)c1n[nH]nc1-c1ccc(-c2cc(F)cc(F)c2)cc1. The summed E-state index contributed by atoms with van der Waals surface area (Å²) in [5.74, 6) is -1.99. The molecule has 0 atom stereocenters. The molecule has 0 radical (unpaired) electrons. The minimum absolute atomic E-state index is 0.0320. The van der Waals surface area contributed by atoms with Crippen LogP contribution in [0.25, 0.3) is 22.4 Å². The summed E-state index contributed by atoms with van der Waals surface area (Å²) < 4.78 is 26.5. The van der Waals surface area contributed by atoms with Crippen LogP contribution in [-0.2, 0) is 0 Å². The molecule has 2 aromatic carbocycles. The highest BCUT2D eigenvalue weighted by atomic mass is 19.1. The number of carbonyl (C=O) groups is 1. The van der Waals surface area contributed by atoms with Gasteiger partial charge in [-0.3, -0.25) is 4.79 Å². The lowest BCUT2D eigenvalue weighted by Crippen LogP contribution is -2.12. The number of halogens is 2. The highest BCUT2D eigenvalue weighted by Crippen LogP contribution is 2.26. The van der Waals surface area contributed by atoms with Crippen molar-refractivity contribution in [2.24, 2.45) is 5.73 Å². The molecule has 0 aliphatic carbocycles. The van der Waals surface area contributed by atoms with E-state index in [2.05, 4.69) is 15.4 Å². The Hall–Kier alpha value is -3.09. The summed E-state index contributed by atoms with van der Waals surface area (Å²) in [4.78, 5) is 11.2. The number of primary amides is 1. The molecule has 110 valence electrons. The Morgan fingerprint density at radius 2 is 1.50 bits per heavy atom. The predicted molar refractivity (Wildman–Crippen MR) is 75.7 cm³/mol. The third-order valence-corrected chi connectivity index (χ3v) is 3.14. The number of benzene rings is 2. The highest BCUT2D eigenvalue weighted by Gasteiger charge is 2.15. The van der Waals surface area contributed by atoms with E-state index in [0.29, 0.717) is 22.4 Å². The van der Waals surface area contributed by atoms with Gasteiger partial charge in [-0.2, -0.15) is 15.4 Å². The van der Waals surface area contributed by atoms with E-state index in [1.54, 1.807) is 24.3 Å². The summed E-state index contributed by atoms with van der Waals surface area (Å²) in [5, 5.41) is 9.91. The van der Waals surface area contributed by atoms with Gasteiger partial charge in [0.05, 0.1) is 0 Å². The smallest absolute Gasteiger partial charge is 0.271 e. The molecular formula is C15H10F2N4O. The number of H-pyrrole nitrogens is 1. The molecule has 0 bridgehead atoms. The van der Waals surface area contributed by atoms with Crippen LogP contribution in [0.2, 0.25) is 0 Å². The van der Waals surface area contributed by atoms with E-state index in [1.807, 2.05) is 0 Å². The zero-order chi connectivity index (χ0) is 15.7. The van der Waals surface area contributed by atoms with Gasteiger partial charge < -0.3 is 5.73 Å². The maximum absolute atomic E-state index is 13.2. The quantitative estimate of drug-likeness (QED) is 0.779. The molecule has 3 aromatic rings. The van der Waals surface area contributed by atoms with Gasteiger partial charge in [0, 0.05) is 11.6 Å². The Morgan fingerprint density at radius 1 is 0.909 bits per heavy atom. The predicted octanol–water partition coefficient (Wildman–Crippen LogP) is 2.52. The fraction of sp³-hybridized carbons (Fsp3) is 0. The molecule has 0 unspecified atom stereocenters. The Bertz CT molecular complexity index is 823. The van der Waals surface area contributed by atoms with Gasteiger partial charge in [0.15, 0.2) is 5.69 Å². The molecule has 0 spiro atoms. The van der Waals surface area contributed by atoms with Crippen molar-refractivity contribution < 1.29 is 13.6 Å². The number of nitrogens with two attached hydrogens (primary N) is 1. The summed E-state index contributed by atoms with van der Waals surface area (Å²) in [5.41, 5.74) is 7.22. The molecular weight excluding hydrogens is 290 g/mol. The van der Waals surface area contributed by atoms with Crippen LogP contribution >= 0.6 is 0 Å². The molecule has 7 heteroatoms. The van der Waals surface area contributed by atoms with Gasteiger partial charge in [0.1, 0.15) is 17.3 Å². The highest BCUT2D eigenvalue weighted by molar-refractivity contribution is 5.96. The number of nitrogens with one attached hydrogen (secondary N) is 1. The summed E-state index contributed by atoms with van der Waals surface area (Å²) in [6.45, 7) is 0. The molecule has 0 saturated heterocycles. The molecule has 3 rings (SSSR count). The van der Waals surface area contributed by atoms with Crippen LogP contribution < -0.4 is 5.73 Å². The summed E-state index contributed by atoms with van der Waals surface area (Å²) in [7, 11) is 0. The molecule has 1 heterocycles. The van der Waals surface area contributed by atoms with Crippen LogP contribution in [0.5, 0.6) is 0 Å². The normalized spacial score (nSPS) is 10.6. The standard InChI is InChI=1S/C15H10F2N4O/c16-11-5-10(6-12(17)7-11)8-1-3-9(4-2-8)13-14(15(18)22)20-21-19-13/h1-7H,(H2,18,22)(H,19,20,21). The van der Waals surface area contributed by atoms with Gasteiger partial charge in [0.2, 0.25) is 0 Å². The Kier molecular flexibility index (Phi) is 3.38. The van der Waals surface area contributed by atoms with Gasteiger partial charge in [-0.25, -0.2) is 8.78 Å². The maximum atomic E-state index is 13.2. The van der Waals surface area contributed by atoms with Crippen LogP contribution in [-0.4, -0.2) is 21.3 Å². The minimum Gasteiger partial charge on any atom is -0.364 e. The molecule has 0 fully saturated rings. The molecule has 0 saturated carbocycles. The van der Waals surface area contributed by atoms with Crippen molar-refractivity contribution in [3.63, 3.8) is 0 Å². The fourth-order valence-electron chi connectivity index (χ4n) is 2.15. The van der Waals surface area contributed by atoms with Gasteiger partial charge in [0.25, 0.3) is 5.91 Å². The van der Waals surface area contributed by atoms with E-state index in [-0.39, 0.29) is 5.69 Å². The number of nitrogens with zero attached hydrogens (tertiary/aromatic N) is 2. The van der Waals surface area contributed by atoms with E-state index in [0.717, 1.165) is 6.07 Å². The van der Waals surface area contributed by atoms with Crippen molar-refractivity contribution in [3.05, 3.63) is 59.8 Å². The molecule has 0 aliphatic rings. The lowest BCUT2D eigenvalue weighted by molar-refractivity contribution is 0.0996. The van der Waals surface area contributed by atoms with Crippen LogP contribution in [0, 0.1) is 11.6 Å². The molecule has 1 aromatic heterocycles.